The van der Waals surface area contributed by atoms with E-state index in [0.29, 0.717) is 22.7 Å². The van der Waals surface area contributed by atoms with Crippen LogP contribution in [0.25, 0.3) is 11.5 Å². The molecule has 0 atom stereocenters. The molecule has 27 heavy (non-hydrogen) atoms. The quantitative estimate of drug-likeness (QED) is 0.569. The number of hydrogen-bond acceptors (Lipinski definition) is 6. The van der Waals surface area contributed by atoms with Crippen LogP contribution in [0.3, 0.4) is 0 Å². The molecule has 1 N–H and O–H groups in total. The number of carbonyl (C=O) groups excluding carboxylic acids is 1. The summed E-state index contributed by atoms with van der Waals surface area (Å²) in [5, 5.41) is 11.8. The number of nitrogens with one attached hydrogen (secondary N) is 1. The van der Waals surface area contributed by atoms with Crippen molar-refractivity contribution in [2.45, 2.75) is 19.1 Å². The molecule has 0 radical (unpaired) electrons. The molecule has 6 nitrogen and oxygen atoms in total. The zero-order valence-corrected chi connectivity index (χ0v) is 16.4. The third-order valence-corrected chi connectivity index (χ3v) is 4.66. The first-order chi connectivity index (χ1) is 13.0. The van der Waals surface area contributed by atoms with Gasteiger partial charge in [0.25, 0.3) is 5.22 Å². The molecular formula is C19H18ClN3O3S. The molecule has 0 saturated carbocycles. The monoisotopic (exact) mass is 403 g/mol. The first kappa shape index (κ1) is 19.3. The van der Waals surface area contributed by atoms with Crippen LogP contribution in [-0.2, 0) is 4.79 Å². The van der Waals surface area contributed by atoms with Gasteiger partial charge >= 0.3 is 0 Å². The second-order valence-electron chi connectivity index (χ2n) is 5.63. The maximum atomic E-state index is 12.1. The molecule has 1 aromatic heterocycles. The summed E-state index contributed by atoms with van der Waals surface area (Å²) in [7, 11) is 0. The molecule has 0 saturated heterocycles. The van der Waals surface area contributed by atoms with Crippen molar-refractivity contribution in [2.24, 2.45) is 0 Å². The SMILES string of the molecule is CCOc1ccc(-c2nnc(SCC(=O)Nc3ccc(Cl)cc3C)o2)cc1. The Morgan fingerprint density at radius 2 is 2.00 bits per heavy atom. The van der Waals surface area contributed by atoms with Gasteiger partial charge in [-0.25, -0.2) is 0 Å². The number of anilines is 1. The van der Waals surface area contributed by atoms with E-state index in [1.807, 2.05) is 38.1 Å². The number of aryl methyl sites for hydroxylation is 1. The van der Waals surface area contributed by atoms with Crippen molar-refractivity contribution in [3.63, 3.8) is 0 Å². The summed E-state index contributed by atoms with van der Waals surface area (Å²) in [5.74, 6) is 1.18. The number of carbonyl (C=O) groups is 1. The van der Waals surface area contributed by atoms with E-state index in [4.69, 9.17) is 20.8 Å². The summed E-state index contributed by atoms with van der Waals surface area (Å²) < 4.78 is 11.0. The van der Waals surface area contributed by atoms with Crippen molar-refractivity contribution in [2.75, 3.05) is 17.7 Å². The Balaban J connectivity index is 1.56. The molecule has 3 aromatic rings. The average Bonchev–Trinajstić information content (AvgIpc) is 3.12. The number of rotatable bonds is 7. The van der Waals surface area contributed by atoms with Crippen LogP contribution in [-0.4, -0.2) is 28.5 Å². The summed E-state index contributed by atoms with van der Waals surface area (Å²) in [6.07, 6.45) is 0. The third kappa shape index (κ3) is 5.24. The van der Waals surface area contributed by atoms with Crippen LogP contribution in [0.5, 0.6) is 5.75 Å². The number of benzene rings is 2. The number of halogens is 1. The van der Waals surface area contributed by atoms with E-state index < -0.39 is 0 Å². The molecule has 0 spiro atoms. The third-order valence-electron chi connectivity index (χ3n) is 3.61. The highest BCUT2D eigenvalue weighted by atomic mass is 35.5. The van der Waals surface area contributed by atoms with Crippen molar-refractivity contribution in [1.82, 2.24) is 10.2 Å². The number of nitrogens with zero attached hydrogens (tertiary/aromatic N) is 2. The van der Waals surface area contributed by atoms with Crippen LogP contribution < -0.4 is 10.1 Å². The maximum absolute atomic E-state index is 12.1. The fourth-order valence-corrected chi connectivity index (χ4v) is 3.12. The van der Waals surface area contributed by atoms with E-state index >= 15 is 0 Å². The minimum Gasteiger partial charge on any atom is -0.494 e. The molecule has 2 aromatic carbocycles. The smallest absolute Gasteiger partial charge is 0.277 e. The summed E-state index contributed by atoms with van der Waals surface area (Å²) in [4.78, 5) is 12.1. The van der Waals surface area contributed by atoms with Gasteiger partial charge in [0.1, 0.15) is 5.75 Å². The molecule has 3 rings (SSSR count). The van der Waals surface area contributed by atoms with Gasteiger partial charge in [-0.3, -0.25) is 4.79 Å². The number of thioether (sulfide) groups is 1. The van der Waals surface area contributed by atoms with Gasteiger partial charge in [0.05, 0.1) is 12.4 Å². The molecular weight excluding hydrogens is 386 g/mol. The van der Waals surface area contributed by atoms with Gasteiger partial charge in [-0.05, 0) is 61.9 Å². The fourth-order valence-electron chi connectivity index (χ4n) is 2.33. The van der Waals surface area contributed by atoms with Gasteiger partial charge < -0.3 is 14.5 Å². The molecule has 0 aliphatic heterocycles. The van der Waals surface area contributed by atoms with Gasteiger partial charge in [-0.15, -0.1) is 10.2 Å². The lowest BCUT2D eigenvalue weighted by Crippen LogP contribution is -2.14. The minimum atomic E-state index is -0.161. The summed E-state index contributed by atoms with van der Waals surface area (Å²) in [5.41, 5.74) is 2.42. The molecule has 0 aliphatic rings. The second kappa shape index (κ2) is 8.92. The highest BCUT2D eigenvalue weighted by Crippen LogP contribution is 2.25. The molecule has 0 unspecified atom stereocenters. The standard InChI is InChI=1S/C19H18ClN3O3S/c1-3-25-15-7-4-13(5-8-15)18-22-23-19(26-18)27-11-17(24)21-16-9-6-14(20)10-12(16)2/h4-10H,3,11H2,1-2H3,(H,21,24). The number of aromatic nitrogens is 2. The van der Waals surface area contributed by atoms with Crippen molar-refractivity contribution in [3.8, 4) is 17.2 Å². The van der Waals surface area contributed by atoms with Crippen molar-refractivity contribution < 1.29 is 13.9 Å². The average molecular weight is 404 g/mol. The molecule has 8 heteroatoms. The van der Waals surface area contributed by atoms with E-state index in [1.165, 1.54) is 11.8 Å². The Morgan fingerprint density at radius 1 is 1.22 bits per heavy atom. The van der Waals surface area contributed by atoms with Gasteiger partial charge in [0.15, 0.2) is 0 Å². The van der Waals surface area contributed by atoms with E-state index in [2.05, 4.69) is 15.5 Å². The van der Waals surface area contributed by atoms with Gasteiger partial charge in [-0.1, -0.05) is 23.4 Å². The molecule has 0 fully saturated rings. The molecule has 1 heterocycles. The molecule has 0 bridgehead atoms. The van der Waals surface area contributed by atoms with Gasteiger partial charge in [-0.2, -0.15) is 0 Å². The van der Waals surface area contributed by atoms with E-state index in [9.17, 15) is 4.79 Å². The molecule has 1 amide bonds. The summed E-state index contributed by atoms with van der Waals surface area (Å²) >= 11 is 7.10. The highest BCUT2D eigenvalue weighted by Gasteiger charge is 2.12. The van der Waals surface area contributed by atoms with Crippen LogP contribution in [0.2, 0.25) is 5.02 Å². The van der Waals surface area contributed by atoms with Crippen LogP contribution >= 0.6 is 23.4 Å². The summed E-state index contributed by atoms with van der Waals surface area (Å²) in [6.45, 7) is 4.42. The number of hydrogen-bond donors (Lipinski definition) is 1. The first-order valence-electron chi connectivity index (χ1n) is 8.30. The van der Waals surface area contributed by atoms with Crippen LogP contribution in [0.15, 0.2) is 52.1 Å². The van der Waals surface area contributed by atoms with Crippen molar-refractivity contribution >= 4 is 35.0 Å². The predicted molar refractivity (Wildman–Crippen MR) is 106 cm³/mol. The van der Waals surface area contributed by atoms with Crippen LogP contribution in [0.1, 0.15) is 12.5 Å². The highest BCUT2D eigenvalue weighted by molar-refractivity contribution is 7.99. The lowest BCUT2D eigenvalue weighted by Gasteiger charge is -2.07. The molecule has 0 aliphatic carbocycles. The minimum absolute atomic E-state index is 0.160. The van der Waals surface area contributed by atoms with Crippen molar-refractivity contribution in [1.29, 1.82) is 0 Å². The van der Waals surface area contributed by atoms with E-state index in [0.717, 1.165) is 22.6 Å². The van der Waals surface area contributed by atoms with Gasteiger partial charge in [0, 0.05) is 16.3 Å². The Morgan fingerprint density at radius 3 is 2.70 bits per heavy atom. The lowest BCUT2D eigenvalue weighted by atomic mass is 10.2. The zero-order valence-electron chi connectivity index (χ0n) is 14.9. The summed E-state index contributed by atoms with van der Waals surface area (Å²) in [6, 6.07) is 12.7. The van der Waals surface area contributed by atoms with Crippen LogP contribution in [0, 0.1) is 6.92 Å². The second-order valence-corrected chi connectivity index (χ2v) is 6.99. The Hall–Kier alpha value is -2.51. The number of ether oxygens (including phenoxy) is 1. The normalized spacial score (nSPS) is 10.6. The Bertz CT molecular complexity index is 928. The zero-order chi connectivity index (χ0) is 19.2. The topological polar surface area (TPSA) is 77.2 Å². The maximum Gasteiger partial charge on any atom is 0.277 e. The Kier molecular flexibility index (Phi) is 6.36. The lowest BCUT2D eigenvalue weighted by molar-refractivity contribution is -0.113. The van der Waals surface area contributed by atoms with E-state index in [-0.39, 0.29) is 11.7 Å². The molecule has 140 valence electrons. The van der Waals surface area contributed by atoms with Gasteiger partial charge in [0.2, 0.25) is 11.8 Å². The first-order valence-corrected chi connectivity index (χ1v) is 9.67. The van der Waals surface area contributed by atoms with E-state index in [1.54, 1.807) is 18.2 Å². The number of amides is 1. The largest absolute Gasteiger partial charge is 0.494 e. The predicted octanol–water partition coefficient (Wildman–Crippen LogP) is 4.83. The van der Waals surface area contributed by atoms with Crippen molar-refractivity contribution in [3.05, 3.63) is 53.1 Å². The van der Waals surface area contributed by atoms with Crippen LogP contribution in [0.4, 0.5) is 5.69 Å². The fraction of sp³-hybridized carbons (Fsp3) is 0.211. The Labute approximate surface area is 166 Å².